The summed E-state index contributed by atoms with van der Waals surface area (Å²) in [6.07, 6.45) is 0.917. The number of benzene rings is 2. The Balaban J connectivity index is 1.71. The van der Waals surface area contributed by atoms with Crippen LogP contribution in [-0.4, -0.2) is 4.98 Å². The van der Waals surface area contributed by atoms with Gasteiger partial charge in [0.1, 0.15) is 5.75 Å². The van der Waals surface area contributed by atoms with Crippen molar-refractivity contribution >= 4 is 0 Å². The summed E-state index contributed by atoms with van der Waals surface area (Å²) in [5, 5.41) is 0. The topological polar surface area (TPSA) is 22.1 Å². The molecule has 1 heterocycles. The van der Waals surface area contributed by atoms with Crippen molar-refractivity contribution in [2.45, 2.75) is 32.6 Å². The highest BCUT2D eigenvalue weighted by Crippen LogP contribution is 2.42. The van der Waals surface area contributed by atoms with Gasteiger partial charge in [-0.2, -0.15) is 0 Å². The Labute approximate surface area is 143 Å². The Morgan fingerprint density at radius 1 is 0.833 bits per heavy atom. The maximum atomic E-state index is 6.18. The summed E-state index contributed by atoms with van der Waals surface area (Å²) in [6.45, 7) is 6.49. The van der Waals surface area contributed by atoms with Crippen molar-refractivity contribution < 1.29 is 4.74 Å². The molecule has 4 rings (SSSR count). The van der Waals surface area contributed by atoms with Crippen LogP contribution in [0.4, 0.5) is 0 Å². The van der Waals surface area contributed by atoms with Crippen LogP contribution < -0.4 is 4.74 Å². The molecule has 24 heavy (non-hydrogen) atoms. The van der Waals surface area contributed by atoms with Gasteiger partial charge in [-0.1, -0.05) is 63.2 Å². The molecule has 2 heteroatoms. The molecule has 1 aromatic heterocycles. The van der Waals surface area contributed by atoms with Crippen LogP contribution in [0, 0.1) is 0 Å². The van der Waals surface area contributed by atoms with Crippen molar-refractivity contribution in [3.05, 3.63) is 77.5 Å². The molecular formula is C22H21NO. The van der Waals surface area contributed by atoms with Crippen molar-refractivity contribution in [2.24, 2.45) is 0 Å². The molecule has 0 fully saturated rings. The zero-order valence-corrected chi connectivity index (χ0v) is 14.3. The summed E-state index contributed by atoms with van der Waals surface area (Å²) < 4.78 is 6.18. The molecule has 0 radical (unpaired) electrons. The summed E-state index contributed by atoms with van der Waals surface area (Å²) in [4.78, 5) is 4.69. The molecule has 1 aliphatic carbocycles. The first kappa shape index (κ1) is 14.9. The molecule has 2 aromatic carbocycles. The lowest BCUT2D eigenvalue weighted by molar-refractivity contribution is 0.448. The standard InChI is InChI=1S/C22H21NO/c1-22(2,3)20-12-7-13-21(23-20)24-19-11-6-10-17-16-9-5-4-8-15(16)14-18(17)19/h4-13H,14H2,1-3H3. The smallest absolute Gasteiger partial charge is 0.219 e. The fourth-order valence-corrected chi connectivity index (χ4v) is 3.23. The molecule has 1 aliphatic rings. The molecule has 0 saturated heterocycles. The minimum Gasteiger partial charge on any atom is -0.439 e. The van der Waals surface area contributed by atoms with E-state index in [0.29, 0.717) is 5.88 Å². The molecule has 0 atom stereocenters. The highest BCUT2D eigenvalue weighted by molar-refractivity contribution is 5.79. The monoisotopic (exact) mass is 315 g/mol. The maximum absolute atomic E-state index is 6.18. The van der Waals surface area contributed by atoms with Crippen molar-refractivity contribution in [3.63, 3.8) is 0 Å². The summed E-state index contributed by atoms with van der Waals surface area (Å²) in [5.41, 5.74) is 6.25. The normalized spacial score (nSPS) is 12.6. The predicted molar refractivity (Wildman–Crippen MR) is 97.7 cm³/mol. The number of rotatable bonds is 2. The largest absolute Gasteiger partial charge is 0.439 e. The van der Waals surface area contributed by atoms with E-state index in [2.05, 4.69) is 63.2 Å². The fraction of sp³-hybridized carbons (Fsp3) is 0.227. The van der Waals surface area contributed by atoms with Gasteiger partial charge >= 0.3 is 0 Å². The Morgan fingerprint density at radius 2 is 1.58 bits per heavy atom. The van der Waals surface area contributed by atoms with Crippen LogP contribution in [0.25, 0.3) is 11.1 Å². The van der Waals surface area contributed by atoms with E-state index in [4.69, 9.17) is 9.72 Å². The van der Waals surface area contributed by atoms with Gasteiger partial charge in [-0.05, 0) is 28.8 Å². The number of hydrogen-bond donors (Lipinski definition) is 0. The third-order valence-corrected chi connectivity index (χ3v) is 4.51. The molecule has 0 saturated carbocycles. The van der Waals surface area contributed by atoms with Gasteiger partial charge in [0.25, 0.3) is 0 Å². The molecule has 120 valence electrons. The van der Waals surface area contributed by atoms with E-state index in [9.17, 15) is 0 Å². The minimum absolute atomic E-state index is 0.00818. The van der Waals surface area contributed by atoms with Crippen LogP contribution in [0.15, 0.2) is 60.7 Å². The van der Waals surface area contributed by atoms with Crippen LogP contribution in [-0.2, 0) is 11.8 Å². The summed E-state index contributed by atoms with van der Waals surface area (Å²) in [6, 6.07) is 20.8. The zero-order chi connectivity index (χ0) is 16.7. The van der Waals surface area contributed by atoms with E-state index in [0.717, 1.165) is 17.9 Å². The molecule has 0 N–H and O–H groups in total. The Morgan fingerprint density at radius 3 is 2.42 bits per heavy atom. The third kappa shape index (κ3) is 2.58. The van der Waals surface area contributed by atoms with Crippen molar-refractivity contribution in [1.29, 1.82) is 0 Å². The molecule has 3 aromatic rings. The van der Waals surface area contributed by atoms with Crippen LogP contribution in [0.5, 0.6) is 11.6 Å². The van der Waals surface area contributed by atoms with Gasteiger partial charge in [-0.3, -0.25) is 0 Å². The molecule has 2 nitrogen and oxygen atoms in total. The van der Waals surface area contributed by atoms with E-state index < -0.39 is 0 Å². The second-order valence-corrected chi connectivity index (χ2v) is 7.33. The van der Waals surface area contributed by atoms with Gasteiger partial charge in [0, 0.05) is 29.2 Å². The maximum Gasteiger partial charge on any atom is 0.219 e. The zero-order valence-electron chi connectivity index (χ0n) is 14.3. The second-order valence-electron chi connectivity index (χ2n) is 7.33. The van der Waals surface area contributed by atoms with Crippen LogP contribution in [0.3, 0.4) is 0 Å². The summed E-state index contributed by atoms with van der Waals surface area (Å²) in [5.74, 6) is 1.56. The van der Waals surface area contributed by atoms with Crippen LogP contribution in [0.1, 0.15) is 37.6 Å². The van der Waals surface area contributed by atoms with Gasteiger partial charge < -0.3 is 4.74 Å². The fourth-order valence-electron chi connectivity index (χ4n) is 3.23. The Hall–Kier alpha value is -2.61. The number of fused-ring (bicyclic) bond motifs is 3. The highest BCUT2D eigenvalue weighted by Gasteiger charge is 2.22. The third-order valence-electron chi connectivity index (χ3n) is 4.51. The number of nitrogens with zero attached hydrogens (tertiary/aromatic N) is 1. The molecule has 0 spiro atoms. The lowest BCUT2D eigenvalue weighted by atomic mass is 9.92. The lowest BCUT2D eigenvalue weighted by Gasteiger charge is -2.18. The summed E-state index contributed by atoms with van der Waals surface area (Å²) in [7, 11) is 0. The summed E-state index contributed by atoms with van der Waals surface area (Å²) >= 11 is 0. The Bertz CT molecular complexity index is 906. The van der Waals surface area contributed by atoms with Gasteiger partial charge in [0.2, 0.25) is 5.88 Å². The van der Waals surface area contributed by atoms with Gasteiger partial charge in [0.15, 0.2) is 0 Å². The van der Waals surface area contributed by atoms with E-state index in [1.165, 1.54) is 22.3 Å². The van der Waals surface area contributed by atoms with Crippen molar-refractivity contribution in [2.75, 3.05) is 0 Å². The van der Waals surface area contributed by atoms with E-state index >= 15 is 0 Å². The predicted octanol–water partition coefficient (Wildman–Crippen LogP) is 5.74. The second kappa shape index (κ2) is 5.48. The number of pyridine rings is 1. The molecule has 0 aliphatic heterocycles. The molecule has 0 bridgehead atoms. The number of aromatic nitrogens is 1. The van der Waals surface area contributed by atoms with E-state index in [1.807, 2.05) is 18.2 Å². The van der Waals surface area contributed by atoms with Crippen LogP contribution >= 0.6 is 0 Å². The lowest BCUT2D eigenvalue weighted by Crippen LogP contribution is -2.13. The molecule has 0 amide bonds. The average Bonchev–Trinajstić information content (AvgIpc) is 2.94. The SMILES string of the molecule is CC(C)(C)c1cccc(Oc2cccc3c2Cc2ccccc2-3)n1. The van der Waals surface area contributed by atoms with Crippen LogP contribution in [0.2, 0.25) is 0 Å². The van der Waals surface area contributed by atoms with Crippen molar-refractivity contribution in [1.82, 2.24) is 4.98 Å². The van der Waals surface area contributed by atoms with E-state index in [1.54, 1.807) is 0 Å². The van der Waals surface area contributed by atoms with Gasteiger partial charge in [-0.15, -0.1) is 0 Å². The van der Waals surface area contributed by atoms with Gasteiger partial charge in [0.05, 0.1) is 0 Å². The molecule has 0 unspecified atom stereocenters. The number of ether oxygens (including phenoxy) is 1. The van der Waals surface area contributed by atoms with Gasteiger partial charge in [-0.25, -0.2) is 4.98 Å². The first-order chi connectivity index (χ1) is 11.5. The highest BCUT2D eigenvalue weighted by atomic mass is 16.5. The minimum atomic E-state index is 0.00818. The first-order valence-electron chi connectivity index (χ1n) is 8.38. The Kier molecular flexibility index (Phi) is 3.42. The van der Waals surface area contributed by atoms with E-state index in [-0.39, 0.29) is 5.41 Å². The molecular weight excluding hydrogens is 294 g/mol. The quantitative estimate of drug-likeness (QED) is 0.470. The van der Waals surface area contributed by atoms with Crippen molar-refractivity contribution in [3.8, 4) is 22.8 Å². The first-order valence-corrected chi connectivity index (χ1v) is 8.38. The number of hydrogen-bond acceptors (Lipinski definition) is 2. The average molecular weight is 315 g/mol.